The lowest BCUT2D eigenvalue weighted by molar-refractivity contribution is 1.08. The second-order valence-corrected chi connectivity index (χ2v) is 11.8. The molecule has 0 bridgehead atoms. The SMILES string of the molecule is Cc1cc(C#N)ccc1-c1cc(-n2c3ccccc3c3cccc(C)c32)c(-n2c3ccccc3c3cccc(C)c32)cc1C#N. The van der Waals surface area contributed by atoms with Crippen LogP contribution in [0.15, 0.2) is 115 Å². The minimum Gasteiger partial charge on any atom is -0.307 e. The third kappa shape index (κ3) is 3.83. The van der Waals surface area contributed by atoms with Crippen LogP contribution in [-0.2, 0) is 0 Å². The molecule has 4 heteroatoms. The van der Waals surface area contributed by atoms with E-state index in [1.54, 1.807) is 0 Å². The van der Waals surface area contributed by atoms with Gasteiger partial charge in [-0.05, 0) is 79.4 Å². The van der Waals surface area contributed by atoms with Gasteiger partial charge >= 0.3 is 0 Å². The van der Waals surface area contributed by atoms with Gasteiger partial charge in [-0.15, -0.1) is 0 Å². The number of nitriles is 2. The summed E-state index contributed by atoms with van der Waals surface area (Å²) in [6.07, 6.45) is 0. The van der Waals surface area contributed by atoms with Gasteiger partial charge in [0, 0.05) is 27.1 Å². The number of aromatic nitrogens is 2. The molecule has 8 aromatic rings. The Bertz CT molecular complexity index is 2600. The average Bonchev–Trinajstić information content (AvgIpc) is 3.59. The summed E-state index contributed by atoms with van der Waals surface area (Å²) in [4.78, 5) is 0. The predicted octanol–water partition coefficient (Wildman–Crippen LogP) is 10.2. The van der Waals surface area contributed by atoms with Gasteiger partial charge < -0.3 is 9.13 Å². The van der Waals surface area contributed by atoms with E-state index in [0.717, 1.165) is 50.1 Å². The number of rotatable bonds is 3. The van der Waals surface area contributed by atoms with Gasteiger partial charge in [-0.1, -0.05) is 78.9 Å². The topological polar surface area (TPSA) is 57.4 Å². The quantitative estimate of drug-likeness (QED) is 0.210. The third-order valence-corrected chi connectivity index (χ3v) is 9.16. The lowest BCUT2D eigenvalue weighted by Crippen LogP contribution is -2.06. The summed E-state index contributed by atoms with van der Waals surface area (Å²) in [6.45, 7) is 6.32. The predicted molar refractivity (Wildman–Crippen MR) is 184 cm³/mol. The first-order chi connectivity index (χ1) is 22.0. The Balaban J connectivity index is 1.60. The number of nitrogens with zero attached hydrogens (tertiary/aromatic N) is 4. The first kappa shape index (κ1) is 26.5. The molecule has 0 aliphatic rings. The summed E-state index contributed by atoms with van der Waals surface area (Å²) in [5, 5.41) is 24.9. The zero-order valence-corrected chi connectivity index (χ0v) is 25.3. The highest BCUT2D eigenvalue weighted by atomic mass is 15.1. The van der Waals surface area contributed by atoms with Crippen molar-refractivity contribution < 1.29 is 0 Å². The van der Waals surface area contributed by atoms with Crippen molar-refractivity contribution in [3.63, 3.8) is 0 Å². The molecule has 8 rings (SSSR count). The second kappa shape index (κ2) is 9.98. The van der Waals surface area contributed by atoms with E-state index in [0.29, 0.717) is 11.1 Å². The molecule has 0 spiro atoms. The number of aryl methyl sites for hydroxylation is 3. The molecule has 0 radical (unpaired) electrons. The zero-order chi connectivity index (χ0) is 30.8. The van der Waals surface area contributed by atoms with Crippen LogP contribution < -0.4 is 0 Å². The molecule has 0 atom stereocenters. The van der Waals surface area contributed by atoms with Gasteiger partial charge in [0.1, 0.15) is 0 Å². The molecule has 4 nitrogen and oxygen atoms in total. The molecule has 0 saturated heterocycles. The van der Waals surface area contributed by atoms with Gasteiger partial charge in [-0.2, -0.15) is 10.5 Å². The zero-order valence-electron chi connectivity index (χ0n) is 25.3. The summed E-state index contributed by atoms with van der Waals surface area (Å²) >= 11 is 0. The van der Waals surface area contributed by atoms with Gasteiger partial charge in [-0.3, -0.25) is 0 Å². The van der Waals surface area contributed by atoms with E-state index in [9.17, 15) is 10.5 Å². The van der Waals surface area contributed by atoms with E-state index in [2.05, 4.69) is 132 Å². The minimum absolute atomic E-state index is 0.582. The Kier molecular flexibility index (Phi) is 5.88. The van der Waals surface area contributed by atoms with Crippen LogP contribution in [0.5, 0.6) is 0 Å². The molecule has 0 fully saturated rings. The average molecular weight is 577 g/mol. The van der Waals surface area contributed by atoms with E-state index < -0.39 is 0 Å². The summed E-state index contributed by atoms with van der Waals surface area (Å²) in [6, 6.07) is 44.7. The van der Waals surface area contributed by atoms with Crippen LogP contribution in [0, 0.1) is 43.4 Å². The van der Waals surface area contributed by atoms with Crippen LogP contribution in [0.25, 0.3) is 66.1 Å². The van der Waals surface area contributed by atoms with Crippen molar-refractivity contribution in [2.45, 2.75) is 20.8 Å². The van der Waals surface area contributed by atoms with Crippen LogP contribution in [0.4, 0.5) is 0 Å². The summed E-state index contributed by atoms with van der Waals surface area (Å²) in [5.74, 6) is 0. The number of hydrogen-bond acceptors (Lipinski definition) is 2. The van der Waals surface area contributed by atoms with Gasteiger partial charge in [0.25, 0.3) is 0 Å². The lowest BCUT2D eigenvalue weighted by atomic mass is 9.93. The number of benzene rings is 6. The molecule has 0 saturated carbocycles. The highest BCUT2D eigenvalue weighted by molar-refractivity contribution is 6.12. The van der Waals surface area contributed by atoms with Crippen LogP contribution in [0.1, 0.15) is 27.8 Å². The van der Waals surface area contributed by atoms with E-state index in [1.165, 1.54) is 32.7 Å². The molecule has 2 heterocycles. The van der Waals surface area contributed by atoms with Gasteiger partial charge in [0.05, 0.1) is 56.7 Å². The smallest absolute Gasteiger partial charge is 0.0998 e. The molecule has 212 valence electrons. The largest absolute Gasteiger partial charge is 0.307 e. The molecule has 2 aromatic heterocycles. The molecule has 0 N–H and O–H groups in total. The minimum atomic E-state index is 0.582. The fourth-order valence-corrected chi connectivity index (χ4v) is 7.17. The van der Waals surface area contributed by atoms with Crippen molar-refractivity contribution in [3.05, 3.63) is 143 Å². The Morgan fingerprint density at radius 2 is 1.00 bits per heavy atom. The van der Waals surface area contributed by atoms with Crippen LogP contribution in [0.2, 0.25) is 0 Å². The van der Waals surface area contributed by atoms with Crippen molar-refractivity contribution >= 4 is 43.6 Å². The Morgan fingerprint density at radius 1 is 0.467 bits per heavy atom. The maximum absolute atomic E-state index is 10.7. The van der Waals surface area contributed by atoms with Gasteiger partial charge in [-0.25, -0.2) is 0 Å². The summed E-state index contributed by atoms with van der Waals surface area (Å²) in [7, 11) is 0. The van der Waals surface area contributed by atoms with Crippen molar-refractivity contribution in [2.24, 2.45) is 0 Å². The molecule has 0 aliphatic heterocycles. The number of fused-ring (bicyclic) bond motifs is 6. The molecular formula is C41H28N4. The van der Waals surface area contributed by atoms with Crippen LogP contribution in [0.3, 0.4) is 0 Å². The summed E-state index contributed by atoms with van der Waals surface area (Å²) in [5.41, 5.74) is 12.6. The lowest BCUT2D eigenvalue weighted by Gasteiger charge is -2.21. The second-order valence-electron chi connectivity index (χ2n) is 11.8. The highest BCUT2D eigenvalue weighted by Crippen LogP contribution is 2.42. The van der Waals surface area contributed by atoms with Crippen LogP contribution >= 0.6 is 0 Å². The molecule has 0 aliphatic carbocycles. The van der Waals surface area contributed by atoms with E-state index in [1.807, 2.05) is 25.1 Å². The van der Waals surface area contributed by atoms with Gasteiger partial charge in [0.2, 0.25) is 0 Å². The normalized spacial score (nSPS) is 11.4. The first-order valence-corrected chi connectivity index (χ1v) is 15.1. The Labute approximate surface area is 261 Å². The highest BCUT2D eigenvalue weighted by Gasteiger charge is 2.23. The fraction of sp³-hybridized carbons (Fsp3) is 0.0732. The van der Waals surface area contributed by atoms with E-state index in [4.69, 9.17) is 0 Å². The molecule has 45 heavy (non-hydrogen) atoms. The molecular weight excluding hydrogens is 548 g/mol. The van der Waals surface area contributed by atoms with Crippen molar-refractivity contribution in [1.82, 2.24) is 9.13 Å². The molecule has 0 amide bonds. The van der Waals surface area contributed by atoms with Crippen molar-refractivity contribution in [2.75, 3.05) is 0 Å². The maximum Gasteiger partial charge on any atom is 0.0998 e. The van der Waals surface area contributed by atoms with Crippen molar-refractivity contribution in [1.29, 1.82) is 10.5 Å². The van der Waals surface area contributed by atoms with Crippen molar-refractivity contribution in [3.8, 4) is 34.6 Å². The third-order valence-electron chi connectivity index (χ3n) is 9.16. The summed E-state index contributed by atoms with van der Waals surface area (Å²) < 4.78 is 4.71. The maximum atomic E-state index is 10.7. The van der Waals surface area contributed by atoms with E-state index >= 15 is 0 Å². The number of para-hydroxylation sites is 4. The molecule has 0 unspecified atom stereocenters. The standard InChI is InChI=1S/C41H28N4/c1-25-10-8-14-33-31-12-4-6-16-36(31)44(40(25)33)38-21-29(24-43)35(30-19-18-28(23-42)20-27(30)3)22-39(38)45-37-17-7-5-13-32(37)34-15-9-11-26(2)41(34)45/h4-22H,1-3H3. The monoisotopic (exact) mass is 576 g/mol. The van der Waals surface area contributed by atoms with Gasteiger partial charge in [0.15, 0.2) is 0 Å². The first-order valence-electron chi connectivity index (χ1n) is 15.1. The van der Waals surface area contributed by atoms with E-state index in [-0.39, 0.29) is 0 Å². The Morgan fingerprint density at radius 3 is 1.53 bits per heavy atom. The number of hydrogen-bond donors (Lipinski definition) is 0. The Hall–Kier alpha value is -6.10. The molecule has 6 aromatic carbocycles. The fourth-order valence-electron chi connectivity index (χ4n) is 7.17. The van der Waals surface area contributed by atoms with Crippen LogP contribution in [-0.4, -0.2) is 9.13 Å².